The summed E-state index contributed by atoms with van der Waals surface area (Å²) >= 11 is 2.23. The molecular formula is C10H8INO. The first-order chi connectivity index (χ1) is 6.16. The minimum atomic E-state index is 0.0858. The van der Waals surface area contributed by atoms with Gasteiger partial charge >= 0.3 is 0 Å². The normalized spacial score (nSPS) is 10.6. The van der Waals surface area contributed by atoms with Crippen molar-refractivity contribution < 1.29 is 0 Å². The van der Waals surface area contributed by atoms with Crippen molar-refractivity contribution in [3.63, 3.8) is 0 Å². The van der Waals surface area contributed by atoms with Crippen LogP contribution in [0.3, 0.4) is 0 Å². The van der Waals surface area contributed by atoms with Crippen molar-refractivity contribution in [3.05, 3.63) is 43.8 Å². The van der Waals surface area contributed by atoms with Crippen LogP contribution < -0.4 is 5.43 Å². The largest absolute Gasteiger partial charge is 0.358 e. The first-order valence-corrected chi connectivity index (χ1v) is 5.04. The van der Waals surface area contributed by atoms with Gasteiger partial charge in [-0.1, -0.05) is 0 Å². The van der Waals surface area contributed by atoms with Crippen LogP contribution in [-0.2, 0) is 0 Å². The van der Waals surface area contributed by atoms with E-state index in [2.05, 4.69) is 27.6 Å². The average molecular weight is 285 g/mol. The minimum absolute atomic E-state index is 0.0858. The van der Waals surface area contributed by atoms with Crippen molar-refractivity contribution in [2.45, 2.75) is 6.92 Å². The van der Waals surface area contributed by atoms with E-state index in [1.807, 2.05) is 25.1 Å². The fourth-order valence-electron chi connectivity index (χ4n) is 1.36. The van der Waals surface area contributed by atoms with Gasteiger partial charge in [0.1, 0.15) is 0 Å². The maximum Gasteiger partial charge on any atom is 0.189 e. The molecule has 0 bridgehead atoms. The Morgan fingerprint density at radius 2 is 2.08 bits per heavy atom. The van der Waals surface area contributed by atoms with E-state index in [-0.39, 0.29) is 5.43 Å². The van der Waals surface area contributed by atoms with E-state index in [1.165, 1.54) is 0 Å². The Morgan fingerprint density at radius 3 is 2.85 bits per heavy atom. The highest BCUT2D eigenvalue weighted by Gasteiger charge is 1.99. The second-order valence-corrected chi connectivity index (χ2v) is 4.25. The highest BCUT2D eigenvalue weighted by Crippen LogP contribution is 2.12. The van der Waals surface area contributed by atoms with E-state index < -0.39 is 0 Å². The van der Waals surface area contributed by atoms with Gasteiger partial charge in [-0.2, -0.15) is 0 Å². The molecule has 1 aromatic heterocycles. The van der Waals surface area contributed by atoms with E-state index in [0.29, 0.717) is 0 Å². The maximum atomic E-state index is 11.5. The van der Waals surface area contributed by atoms with Crippen LogP contribution in [-0.4, -0.2) is 4.98 Å². The monoisotopic (exact) mass is 285 g/mol. The Labute approximate surface area is 89.1 Å². The fourth-order valence-corrected chi connectivity index (χ4v) is 1.85. The molecule has 1 heterocycles. The first kappa shape index (κ1) is 8.74. The van der Waals surface area contributed by atoms with Gasteiger partial charge < -0.3 is 4.98 Å². The first-order valence-electron chi connectivity index (χ1n) is 3.96. The van der Waals surface area contributed by atoms with Gasteiger partial charge in [0.05, 0.1) is 5.52 Å². The summed E-state index contributed by atoms with van der Waals surface area (Å²) < 4.78 is 1.13. The number of hydrogen-bond donors (Lipinski definition) is 1. The van der Waals surface area contributed by atoms with Gasteiger partial charge in [-0.05, 0) is 47.7 Å². The Hall–Kier alpha value is -0.840. The molecule has 0 aliphatic carbocycles. The second-order valence-electron chi connectivity index (χ2n) is 3.01. The molecule has 2 nitrogen and oxygen atoms in total. The number of fused-ring (bicyclic) bond motifs is 1. The van der Waals surface area contributed by atoms with Crippen LogP contribution in [0.5, 0.6) is 0 Å². The summed E-state index contributed by atoms with van der Waals surface area (Å²) in [6, 6.07) is 7.39. The number of aromatic nitrogens is 1. The number of nitrogens with one attached hydrogen (secondary N) is 1. The summed E-state index contributed by atoms with van der Waals surface area (Å²) in [5.74, 6) is 0. The van der Waals surface area contributed by atoms with E-state index in [0.717, 1.165) is 20.2 Å². The minimum Gasteiger partial charge on any atom is -0.358 e. The van der Waals surface area contributed by atoms with Crippen LogP contribution in [0.25, 0.3) is 10.9 Å². The van der Waals surface area contributed by atoms with Gasteiger partial charge in [0, 0.05) is 20.7 Å². The number of benzene rings is 1. The standard InChI is InChI=1S/C10H8INO/c1-6-4-10(13)8-3-2-7(11)5-9(8)12-6/h2-5H,1H3,(H,12,13). The molecule has 0 radical (unpaired) electrons. The molecule has 13 heavy (non-hydrogen) atoms. The molecular weight excluding hydrogens is 277 g/mol. The van der Waals surface area contributed by atoms with E-state index in [9.17, 15) is 4.79 Å². The van der Waals surface area contributed by atoms with Crippen LogP contribution in [0.15, 0.2) is 29.1 Å². The lowest BCUT2D eigenvalue weighted by atomic mass is 10.2. The van der Waals surface area contributed by atoms with Gasteiger partial charge in [0.2, 0.25) is 0 Å². The lowest BCUT2D eigenvalue weighted by molar-refractivity contribution is 1.24. The molecule has 1 N–H and O–H groups in total. The third-order valence-electron chi connectivity index (χ3n) is 1.93. The lowest BCUT2D eigenvalue weighted by Gasteiger charge is -1.99. The predicted molar refractivity (Wildman–Crippen MR) is 62.0 cm³/mol. The molecule has 66 valence electrons. The molecule has 1 aromatic carbocycles. The zero-order valence-electron chi connectivity index (χ0n) is 7.10. The summed E-state index contributed by atoms with van der Waals surface area (Å²) in [7, 11) is 0. The molecule has 0 saturated carbocycles. The molecule has 0 atom stereocenters. The van der Waals surface area contributed by atoms with Crippen LogP contribution in [0.1, 0.15) is 5.69 Å². The Morgan fingerprint density at radius 1 is 1.31 bits per heavy atom. The molecule has 0 amide bonds. The van der Waals surface area contributed by atoms with Gasteiger partial charge in [-0.3, -0.25) is 4.79 Å². The Bertz CT molecular complexity index is 511. The molecule has 0 fully saturated rings. The molecule has 2 aromatic rings. The number of aryl methyl sites for hydroxylation is 1. The summed E-state index contributed by atoms with van der Waals surface area (Å²) in [4.78, 5) is 14.7. The number of hydrogen-bond acceptors (Lipinski definition) is 1. The lowest BCUT2D eigenvalue weighted by Crippen LogP contribution is -2.02. The zero-order valence-corrected chi connectivity index (χ0v) is 9.25. The SMILES string of the molecule is Cc1cc(=O)c2ccc(I)cc2[nH]1. The highest BCUT2D eigenvalue weighted by atomic mass is 127. The van der Waals surface area contributed by atoms with Crippen molar-refractivity contribution in [1.29, 1.82) is 0 Å². The van der Waals surface area contributed by atoms with E-state index in [4.69, 9.17) is 0 Å². The third-order valence-corrected chi connectivity index (χ3v) is 2.60. The van der Waals surface area contributed by atoms with Crippen molar-refractivity contribution in [1.82, 2.24) is 4.98 Å². The summed E-state index contributed by atoms with van der Waals surface area (Å²) in [6.07, 6.45) is 0. The Balaban J connectivity index is 2.95. The van der Waals surface area contributed by atoms with Crippen molar-refractivity contribution >= 4 is 33.5 Å². The smallest absolute Gasteiger partial charge is 0.189 e. The fraction of sp³-hybridized carbons (Fsp3) is 0.100. The summed E-state index contributed by atoms with van der Waals surface area (Å²) in [6.45, 7) is 1.89. The predicted octanol–water partition coefficient (Wildman–Crippen LogP) is 2.44. The van der Waals surface area contributed by atoms with Gasteiger partial charge in [0.15, 0.2) is 5.43 Å². The number of pyridine rings is 1. The number of H-pyrrole nitrogens is 1. The number of rotatable bonds is 0. The molecule has 0 aliphatic heterocycles. The number of aromatic amines is 1. The molecule has 3 heteroatoms. The molecule has 0 unspecified atom stereocenters. The van der Waals surface area contributed by atoms with E-state index in [1.54, 1.807) is 6.07 Å². The van der Waals surface area contributed by atoms with Gasteiger partial charge in [-0.25, -0.2) is 0 Å². The van der Waals surface area contributed by atoms with Crippen LogP contribution in [0.4, 0.5) is 0 Å². The van der Waals surface area contributed by atoms with Gasteiger partial charge in [0.25, 0.3) is 0 Å². The van der Waals surface area contributed by atoms with E-state index >= 15 is 0 Å². The van der Waals surface area contributed by atoms with Crippen LogP contribution in [0.2, 0.25) is 0 Å². The van der Waals surface area contributed by atoms with Crippen molar-refractivity contribution in [2.75, 3.05) is 0 Å². The van der Waals surface area contributed by atoms with Crippen LogP contribution in [0, 0.1) is 10.5 Å². The average Bonchev–Trinajstić information content (AvgIpc) is 2.02. The molecule has 2 rings (SSSR count). The molecule has 0 aliphatic rings. The number of halogens is 1. The maximum absolute atomic E-state index is 11.5. The molecule has 0 spiro atoms. The highest BCUT2D eigenvalue weighted by molar-refractivity contribution is 14.1. The summed E-state index contributed by atoms with van der Waals surface area (Å²) in [5, 5.41) is 0.756. The quantitative estimate of drug-likeness (QED) is 0.741. The zero-order chi connectivity index (χ0) is 9.42. The summed E-state index contributed by atoms with van der Waals surface area (Å²) in [5.41, 5.74) is 1.90. The Kier molecular flexibility index (Phi) is 2.11. The molecule has 0 saturated heterocycles. The second kappa shape index (κ2) is 3.14. The van der Waals surface area contributed by atoms with Crippen molar-refractivity contribution in [3.8, 4) is 0 Å². The van der Waals surface area contributed by atoms with Crippen molar-refractivity contribution in [2.24, 2.45) is 0 Å². The van der Waals surface area contributed by atoms with Gasteiger partial charge in [-0.15, -0.1) is 0 Å². The van der Waals surface area contributed by atoms with Crippen LogP contribution >= 0.6 is 22.6 Å². The third kappa shape index (κ3) is 1.60. The topological polar surface area (TPSA) is 32.9 Å².